The number of quaternary nitrogens is 1. The van der Waals surface area contributed by atoms with Crippen LogP contribution in [0.25, 0.3) is 0 Å². The number of ether oxygens (including phenoxy) is 2. The molecule has 0 saturated carbocycles. The summed E-state index contributed by atoms with van der Waals surface area (Å²) in [7, 11) is 1.43. The molecule has 0 radical (unpaired) electrons. The molecule has 0 rings (SSSR count). The predicted octanol–water partition coefficient (Wildman–Crippen LogP) is 18.1. The first-order valence-electron chi connectivity index (χ1n) is 28.9. The summed E-state index contributed by atoms with van der Waals surface area (Å²) in [5.74, 6) is -0.858. The van der Waals surface area contributed by atoms with Crippen LogP contribution < -0.4 is 0 Å². The smallest absolute Gasteiger partial charge is 0.462 e. The monoisotopic (exact) mass is 1050 g/mol. The van der Waals surface area contributed by atoms with Gasteiger partial charge in [0.1, 0.15) is 19.8 Å². The minimum absolute atomic E-state index is 0.0157. The number of unbranched alkanes of at least 4 members (excludes halogenated alkanes) is 15. The molecule has 0 aliphatic heterocycles. The van der Waals surface area contributed by atoms with Gasteiger partial charge in [-0.05, 0) is 109 Å². The summed E-state index contributed by atoms with van der Waals surface area (Å²) in [5, 5.41) is 0. The van der Waals surface area contributed by atoms with Crippen LogP contribution in [0.3, 0.4) is 0 Å². The number of hydrogen-bond acceptors (Lipinski definition) is 7. The Kier molecular flexibility index (Phi) is 51.2. The molecule has 10 heteroatoms. The molecular weight excluding hydrogens is 942 g/mol. The van der Waals surface area contributed by atoms with Gasteiger partial charge in [-0.2, -0.15) is 0 Å². The first-order chi connectivity index (χ1) is 36.0. The SMILES string of the molecule is CC/C=C\C/C=C\C/C=C\C/C=C\C/C=C\C/C=C\CCCCC(=O)OC(COC(=O)CCCCCCCCCCCCCCC/C=C\C/C=C\C/C=C\C/C=C\C/C=C\CC)COP(=O)(O)OCC[N+](C)(C)C. The lowest BCUT2D eigenvalue weighted by atomic mass is 10.0. The predicted molar refractivity (Wildman–Crippen MR) is 316 cm³/mol. The highest BCUT2D eigenvalue weighted by Crippen LogP contribution is 2.43. The Morgan fingerprint density at radius 1 is 0.419 bits per heavy atom. The molecule has 0 bridgehead atoms. The van der Waals surface area contributed by atoms with E-state index in [1.807, 2.05) is 21.1 Å². The van der Waals surface area contributed by atoms with E-state index in [4.69, 9.17) is 18.5 Å². The number of allylic oxidation sites excluding steroid dienone is 22. The van der Waals surface area contributed by atoms with Crippen molar-refractivity contribution in [3.8, 4) is 0 Å². The second-order valence-corrected chi connectivity index (χ2v) is 21.4. The van der Waals surface area contributed by atoms with Crippen molar-refractivity contribution in [1.82, 2.24) is 0 Å². The quantitative estimate of drug-likeness (QED) is 0.0211. The van der Waals surface area contributed by atoms with E-state index >= 15 is 0 Å². The Bertz CT molecular complexity index is 1710. The second kappa shape index (κ2) is 54.0. The van der Waals surface area contributed by atoms with Crippen molar-refractivity contribution >= 4 is 19.8 Å². The van der Waals surface area contributed by atoms with Crippen LogP contribution in [0.2, 0.25) is 0 Å². The topological polar surface area (TPSA) is 108 Å². The average Bonchev–Trinajstić information content (AvgIpc) is 3.36. The van der Waals surface area contributed by atoms with Crippen LogP contribution >= 0.6 is 7.82 Å². The van der Waals surface area contributed by atoms with E-state index in [-0.39, 0.29) is 32.0 Å². The highest BCUT2D eigenvalue weighted by molar-refractivity contribution is 7.47. The van der Waals surface area contributed by atoms with E-state index in [1.165, 1.54) is 70.6 Å². The number of hydrogen-bond donors (Lipinski definition) is 1. The molecule has 2 atom stereocenters. The fourth-order valence-corrected chi connectivity index (χ4v) is 8.02. The number of nitrogens with zero attached hydrogens (tertiary/aromatic N) is 1. The largest absolute Gasteiger partial charge is 0.472 e. The van der Waals surface area contributed by atoms with Crippen LogP contribution in [0.4, 0.5) is 0 Å². The molecule has 0 heterocycles. The molecular formula is C64H107NO8P+. The number of likely N-dealkylation sites (N-methyl/N-ethyl adjacent to an activating group) is 1. The number of phosphoric acid groups is 1. The lowest BCUT2D eigenvalue weighted by Crippen LogP contribution is -2.37. The number of carbonyl (C=O) groups excluding carboxylic acids is 2. The zero-order chi connectivity index (χ0) is 54.2. The Morgan fingerprint density at radius 3 is 1.11 bits per heavy atom. The summed E-state index contributed by atoms with van der Waals surface area (Å²) in [5.41, 5.74) is 0. The maximum atomic E-state index is 12.8. The molecule has 420 valence electrons. The van der Waals surface area contributed by atoms with E-state index in [0.29, 0.717) is 17.4 Å². The van der Waals surface area contributed by atoms with E-state index in [2.05, 4.69) is 148 Å². The third-order valence-corrected chi connectivity index (χ3v) is 12.7. The van der Waals surface area contributed by atoms with Gasteiger partial charge in [-0.15, -0.1) is 0 Å². The van der Waals surface area contributed by atoms with Gasteiger partial charge in [-0.25, -0.2) is 4.57 Å². The van der Waals surface area contributed by atoms with E-state index in [9.17, 15) is 19.0 Å². The first kappa shape index (κ1) is 70.1. The van der Waals surface area contributed by atoms with Crippen molar-refractivity contribution in [2.75, 3.05) is 47.5 Å². The number of phosphoric ester groups is 1. The molecule has 0 fully saturated rings. The number of carbonyl (C=O) groups is 2. The molecule has 9 nitrogen and oxygen atoms in total. The van der Waals surface area contributed by atoms with E-state index in [1.54, 1.807) is 0 Å². The van der Waals surface area contributed by atoms with Crippen molar-refractivity contribution in [2.24, 2.45) is 0 Å². The fourth-order valence-electron chi connectivity index (χ4n) is 7.28. The van der Waals surface area contributed by atoms with Gasteiger partial charge in [0.05, 0.1) is 27.7 Å². The highest BCUT2D eigenvalue weighted by Gasteiger charge is 2.27. The molecule has 0 aromatic heterocycles. The van der Waals surface area contributed by atoms with Gasteiger partial charge in [-0.3, -0.25) is 18.6 Å². The maximum absolute atomic E-state index is 12.8. The van der Waals surface area contributed by atoms with Crippen molar-refractivity contribution in [1.29, 1.82) is 0 Å². The lowest BCUT2D eigenvalue weighted by molar-refractivity contribution is -0.870. The molecule has 74 heavy (non-hydrogen) atoms. The lowest BCUT2D eigenvalue weighted by Gasteiger charge is -2.24. The van der Waals surface area contributed by atoms with Gasteiger partial charge in [0.15, 0.2) is 6.10 Å². The van der Waals surface area contributed by atoms with Crippen molar-refractivity contribution in [3.63, 3.8) is 0 Å². The van der Waals surface area contributed by atoms with Crippen LogP contribution in [0, 0.1) is 0 Å². The minimum Gasteiger partial charge on any atom is -0.462 e. The third kappa shape index (κ3) is 57.4. The van der Waals surface area contributed by atoms with Gasteiger partial charge >= 0.3 is 19.8 Å². The summed E-state index contributed by atoms with van der Waals surface area (Å²) < 4.78 is 34.5. The molecule has 0 aromatic rings. The third-order valence-electron chi connectivity index (χ3n) is 11.7. The molecule has 2 unspecified atom stereocenters. The van der Waals surface area contributed by atoms with Gasteiger partial charge < -0.3 is 18.9 Å². The highest BCUT2D eigenvalue weighted by atomic mass is 31.2. The molecule has 0 spiro atoms. The normalized spacial score (nSPS) is 14.3. The van der Waals surface area contributed by atoms with Crippen molar-refractivity contribution in [3.05, 3.63) is 134 Å². The van der Waals surface area contributed by atoms with E-state index < -0.39 is 26.5 Å². The Hall–Kier alpha value is -3.85. The summed E-state index contributed by atoms with van der Waals surface area (Å²) in [6, 6.07) is 0. The molecule has 0 saturated heterocycles. The van der Waals surface area contributed by atoms with Gasteiger partial charge in [0.2, 0.25) is 0 Å². The minimum atomic E-state index is -4.41. The van der Waals surface area contributed by atoms with Crippen molar-refractivity contribution < 1.29 is 42.1 Å². The Morgan fingerprint density at radius 2 is 0.730 bits per heavy atom. The Labute approximate surface area is 453 Å². The van der Waals surface area contributed by atoms with Gasteiger partial charge in [-0.1, -0.05) is 218 Å². The summed E-state index contributed by atoms with van der Waals surface area (Å²) in [6.07, 6.45) is 78.1. The number of esters is 2. The van der Waals surface area contributed by atoms with Crippen LogP contribution in [0.15, 0.2) is 134 Å². The molecule has 0 amide bonds. The fraction of sp³-hybridized carbons (Fsp3) is 0.625. The summed E-state index contributed by atoms with van der Waals surface area (Å²) >= 11 is 0. The second-order valence-electron chi connectivity index (χ2n) is 19.9. The molecule has 0 aromatic carbocycles. The van der Waals surface area contributed by atoms with E-state index in [0.717, 1.165) is 103 Å². The average molecular weight is 1050 g/mol. The maximum Gasteiger partial charge on any atom is 0.472 e. The molecule has 1 N–H and O–H groups in total. The van der Waals surface area contributed by atoms with Crippen LogP contribution in [-0.2, 0) is 32.7 Å². The molecule has 0 aliphatic rings. The standard InChI is InChI=1S/C64H106NO8P/c1-6-8-10-12-14-16-18-20-22-24-26-28-29-30-31-32-33-34-35-37-38-40-42-44-46-48-50-52-54-56-63(66)70-60-62(61-72-74(68,69)71-59-58-65(3,4)5)73-64(67)57-55-53-51-49-47-45-43-41-39-36-27-25-23-21-19-17-15-13-11-9-7-2/h8-11,14-17,20-23,26-28,30-31,36,41,43,47,49,62H,6-7,12-13,18-19,24-25,29,32-35,37-40,42,44-46,48,50-61H2,1-5H3/p+1/b10-8-,11-9-,16-14-,17-15-,22-20-,23-21-,28-26-,31-30-,36-27-,43-41-,49-47-. The zero-order valence-corrected chi connectivity index (χ0v) is 48.4. The van der Waals surface area contributed by atoms with Crippen LogP contribution in [0.5, 0.6) is 0 Å². The van der Waals surface area contributed by atoms with Crippen molar-refractivity contribution in [2.45, 2.75) is 213 Å². The molecule has 0 aliphatic carbocycles. The first-order valence-corrected chi connectivity index (χ1v) is 30.4. The number of rotatable bonds is 51. The van der Waals surface area contributed by atoms with Gasteiger partial charge in [0.25, 0.3) is 0 Å². The van der Waals surface area contributed by atoms with Gasteiger partial charge in [0, 0.05) is 12.8 Å². The summed E-state index contributed by atoms with van der Waals surface area (Å²) in [4.78, 5) is 35.7. The zero-order valence-electron chi connectivity index (χ0n) is 47.5. The summed E-state index contributed by atoms with van der Waals surface area (Å²) in [6.45, 7) is 4.14. The van der Waals surface area contributed by atoms with Crippen LogP contribution in [0.1, 0.15) is 206 Å². The van der Waals surface area contributed by atoms with Crippen LogP contribution in [-0.4, -0.2) is 74.9 Å². The Balaban J connectivity index is 4.24.